The fourth-order valence-electron chi connectivity index (χ4n) is 2.75. The third kappa shape index (κ3) is 2.28. The highest BCUT2D eigenvalue weighted by Gasteiger charge is 2.26. The molecule has 0 saturated carbocycles. The van der Waals surface area contributed by atoms with Gasteiger partial charge in [-0.2, -0.15) is 5.10 Å². The molecule has 1 saturated heterocycles. The first-order valence-electron chi connectivity index (χ1n) is 6.65. The molecule has 0 radical (unpaired) electrons. The molecule has 5 nitrogen and oxygen atoms in total. The minimum atomic E-state index is 0.122. The van der Waals surface area contributed by atoms with Crippen LogP contribution in [0.25, 0.3) is 0 Å². The summed E-state index contributed by atoms with van der Waals surface area (Å²) >= 11 is 0. The Morgan fingerprint density at radius 1 is 1.47 bits per heavy atom. The number of hydrogen-bond acceptors (Lipinski definition) is 2. The summed E-state index contributed by atoms with van der Waals surface area (Å²) in [6, 6.07) is 5.78. The highest BCUT2D eigenvalue weighted by molar-refractivity contribution is 5.92. The Morgan fingerprint density at radius 2 is 2.37 bits per heavy atom. The lowest BCUT2D eigenvalue weighted by Gasteiger charge is -2.32. The molecule has 3 rings (SSSR count). The Balaban J connectivity index is 1.75. The van der Waals surface area contributed by atoms with E-state index in [4.69, 9.17) is 0 Å². The van der Waals surface area contributed by atoms with Crippen LogP contribution in [0.4, 0.5) is 0 Å². The molecule has 100 valence electrons. The normalized spacial score (nSPS) is 19.6. The zero-order chi connectivity index (χ0) is 13.2. The quantitative estimate of drug-likeness (QED) is 0.892. The fraction of sp³-hybridized carbons (Fsp3) is 0.429. The number of nitrogens with one attached hydrogen (secondary N) is 1. The van der Waals surface area contributed by atoms with Gasteiger partial charge >= 0.3 is 0 Å². The Bertz CT molecular complexity index is 558. The monoisotopic (exact) mass is 258 g/mol. The van der Waals surface area contributed by atoms with Crippen molar-refractivity contribution in [3.05, 3.63) is 42.0 Å². The zero-order valence-electron chi connectivity index (χ0n) is 11.0. The number of piperidine rings is 1. The second kappa shape index (κ2) is 4.91. The van der Waals surface area contributed by atoms with Crippen LogP contribution < -0.4 is 0 Å². The molecule has 3 heterocycles. The summed E-state index contributed by atoms with van der Waals surface area (Å²) in [7, 11) is 1.91. The highest BCUT2D eigenvalue weighted by Crippen LogP contribution is 2.26. The number of hydrogen-bond donors (Lipinski definition) is 1. The zero-order valence-corrected chi connectivity index (χ0v) is 11.0. The third-order valence-corrected chi connectivity index (χ3v) is 3.83. The maximum Gasteiger partial charge on any atom is 0.270 e. The molecular formula is C14H18N4O. The number of likely N-dealkylation sites (tertiary alicyclic amines) is 1. The van der Waals surface area contributed by atoms with Crippen molar-refractivity contribution in [1.29, 1.82) is 0 Å². The molecule has 0 aromatic carbocycles. The van der Waals surface area contributed by atoms with Gasteiger partial charge in [0.05, 0.1) is 0 Å². The van der Waals surface area contributed by atoms with E-state index in [0.29, 0.717) is 5.92 Å². The maximum absolute atomic E-state index is 12.5. The van der Waals surface area contributed by atoms with E-state index in [-0.39, 0.29) is 5.91 Å². The molecule has 5 heteroatoms. The lowest BCUT2D eigenvalue weighted by molar-refractivity contribution is 0.0696. The Labute approximate surface area is 112 Å². The first-order chi connectivity index (χ1) is 9.25. The predicted molar refractivity (Wildman–Crippen MR) is 71.9 cm³/mol. The van der Waals surface area contributed by atoms with Crippen LogP contribution in [0.15, 0.2) is 30.6 Å². The second-order valence-corrected chi connectivity index (χ2v) is 5.11. The van der Waals surface area contributed by atoms with E-state index in [2.05, 4.69) is 10.2 Å². The van der Waals surface area contributed by atoms with Crippen LogP contribution in [0.2, 0.25) is 0 Å². The highest BCUT2D eigenvalue weighted by atomic mass is 16.2. The van der Waals surface area contributed by atoms with Crippen LogP contribution in [0.1, 0.15) is 34.9 Å². The van der Waals surface area contributed by atoms with E-state index in [0.717, 1.165) is 37.3 Å². The third-order valence-electron chi connectivity index (χ3n) is 3.83. The number of carbonyl (C=O) groups excluding carboxylic acids is 1. The minimum Gasteiger partial charge on any atom is -0.347 e. The van der Waals surface area contributed by atoms with E-state index in [1.54, 1.807) is 6.20 Å². The molecule has 2 aromatic rings. The topological polar surface area (TPSA) is 53.9 Å². The van der Waals surface area contributed by atoms with Gasteiger partial charge in [0.25, 0.3) is 5.91 Å². The SMILES string of the molecule is Cn1cccc1C(=O)N1CCC[C@@H](c2ccn[nH]2)C1. The average Bonchev–Trinajstić information content (AvgIpc) is 3.09. The molecule has 0 spiro atoms. The van der Waals surface area contributed by atoms with Gasteiger partial charge in [-0.15, -0.1) is 0 Å². The Hall–Kier alpha value is -2.04. The average molecular weight is 258 g/mol. The lowest BCUT2D eigenvalue weighted by Crippen LogP contribution is -2.39. The minimum absolute atomic E-state index is 0.122. The molecular weight excluding hydrogens is 240 g/mol. The number of H-pyrrole nitrogens is 1. The van der Waals surface area contributed by atoms with Crippen LogP contribution in [0.5, 0.6) is 0 Å². The summed E-state index contributed by atoms with van der Waals surface area (Å²) in [6.07, 6.45) is 5.83. The first-order valence-corrected chi connectivity index (χ1v) is 6.65. The van der Waals surface area contributed by atoms with Crippen molar-refractivity contribution in [2.45, 2.75) is 18.8 Å². The van der Waals surface area contributed by atoms with Gasteiger partial charge in [-0.05, 0) is 31.0 Å². The molecule has 1 aliphatic rings. The summed E-state index contributed by atoms with van der Waals surface area (Å²) < 4.78 is 1.88. The van der Waals surface area contributed by atoms with Crippen molar-refractivity contribution in [1.82, 2.24) is 19.7 Å². The van der Waals surface area contributed by atoms with Gasteiger partial charge in [0.15, 0.2) is 0 Å². The van der Waals surface area contributed by atoms with Crippen molar-refractivity contribution in [3.63, 3.8) is 0 Å². The molecule has 0 aliphatic carbocycles. The summed E-state index contributed by atoms with van der Waals surface area (Å²) in [5.74, 6) is 0.497. The standard InChI is InChI=1S/C14H18N4O/c1-17-8-3-5-13(17)14(19)18-9-2-4-11(10-18)12-6-7-15-16-12/h3,5-8,11H,2,4,9-10H2,1H3,(H,15,16)/t11-/m1/s1. The largest absolute Gasteiger partial charge is 0.347 e. The van der Waals surface area contributed by atoms with Crippen LogP contribution in [0, 0.1) is 0 Å². The lowest BCUT2D eigenvalue weighted by atomic mass is 9.95. The number of carbonyl (C=O) groups is 1. The van der Waals surface area contributed by atoms with E-state index in [9.17, 15) is 4.79 Å². The van der Waals surface area contributed by atoms with Gasteiger partial charge in [-0.3, -0.25) is 9.89 Å². The number of aromatic nitrogens is 3. The predicted octanol–water partition coefficient (Wildman–Crippen LogP) is 1.77. The summed E-state index contributed by atoms with van der Waals surface area (Å²) in [5.41, 5.74) is 1.88. The van der Waals surface area contributed by atoms with Crippen molar-refractivity contribution < 1.29 is 4.79 Å². The van der Waals surface area contributed by atoms with Crippen LogP contribution in [-0.4, -0.2) is 38.7 Å². The number of rotatable bonds is 2. The molecule has 1 atom stereocenters. The Kier molecular flexibility index (Phi) is 3.11. The molecule has 0 unspecified atom stereocenters. The molecule has 2 aromatic heterocycles. The van der Waals surface area contributed by atoms with Crippen LogP contribution >= 0.6 is 0 Å². The maximum atomic E-state index is 12.5. The number of aryl methyl sites for hydroxylation is 1. The van der Waals surface area contributed by atoms with Gasteiger partial charge in [0, 0.05) is 44.1 Å². The number of nitrogens with zero attached hydrogens (tertiary/aromatic N) is 3. The van der Waals surface area contributed by atoms with E-state index >= 15 is 0 Å². The second-order valence-electron chi connectivity index (χ2n) is 5.11. The van der Waals surface area contributed by atoms with Crippen LogP contribution in [-0.2, 0) is 7.05 Å². The van der Waals surface area contributed by atoms with Crippen molar-refractivity contribution >= 4 is 5.91 Å². The van der Waals surface area contributed by atoms with E-state index in [1.807, 2.05) is 40.9 Å². The number of amides is 1. The number of aromatic amines is 1. The van der Waals surface area contributed by atoms with Crippen molar-refractivity contribution in [2.75, 3.05) is 13.1 Å². The van der Waals surface area contributed by atoms with Crippen molar-refractivity contribution in [2.24, 2.45) is 7.05 Å². The summed E-state index contributed by atoms with van der Waals surface area (Å²) in [6.45, 7) is 1.61. The van der Waals surface area contributed by atoms with E-state index < -0.39 is 0 Å². The summed E-state index contributed by atoms with van der Waals surface area (Å²) in [4.78, 5) is 14.4. The van der Waals surface area contributed by atoms with E-state index in [1.165, 1.54) is 0 Å². The van der Waals surface area contributed by atoms with Gasteiger partial charge in [0.2, 0.25) is 0 Å². The first kappa shape index (κ1) is 12.0. The molecule has 1 N–H and O–H groups in total. The summed E-state index contributed by atoms with van der Waals surface area (Å²) in [5, 5.41) is 7.02. The fourth-order valence-corrected chi connectivity index (χ4v) is 2.75. The smallest absolute Gasteiger partial charge is 0.270 e. The van der Waals surface area contributed by atoms with Gasteiger partial charge in [-0.1, -0.05) is 0 Å². The van der Waals surface area contributed by atoms with Gasteiger partial charge in [0.1, 0.15) is 5.69 Å². The molecule has 1 aliphatic heterocycles. The molecule has 19 heavy (non-hydrogen) atoms. The molecule has 1 fully saturated rings. The van der Waals surface area contributed by atoms with Crippen molar-refractivity contribution in [3.8, 4) is 0 Å². The molecule has 0 bridgehead atoms. The Morgan fingerprint density at radius 3 is 3.05 bits per heavy atom. The molecule has 1 amide bonds. The van der Waals surface area contributed by atoms with Gasteiger partial charge < -0.3 is 9.47 Å². The van der Waals surface area contributed by atoms with Gasteiger partial charge in [-0.25, -0.2) is 0 Å². The van der Waals surface area contributed by atoms with Crippen LogP contribution in [0.3, 0.4) is 0 Å².